The van der Waals surface area contributed by atoms with Crippen molar-refractivity contribution in [3.05, 3.63) is 22.7 Å². The van der Waals surface area contributed by atoms with E-state index in [0.29, 0.717) is 10.6 Å². The van der Waals surface area contributed by atoms with Crippen molar-refractivity contribution < 1.29 is 4.79 Å². The van der Waals surface area contributed by atoms with Gasteiger partial charge >= 0.3 is 0 Å². The fourth-order valence-corrected chi connectivity index (χ4v) is 3.29. The third kappa shape index (κ3) is 2.88. The van der Waals surface area contributed by atoms with Crippen LogP contribution in [-0.2, 0) is 0 Å². The van der Waals surface area contributed by atoms with Gasteiger partial charge in [0.05, 0.1) is 5.69 Å². The van der Waals surface area contributed by atoms with Crippen LogP contribution in [0.25, 0.3) is 10.2 Å². The largest absolute Gasteiger partial charge is 0.397 e. The fraction of sp³-hybridized carbons (Fsp3) is 0.500. The summed E-state index contributed by atoms with van der Waals surface area (Å²) in [4.78, 5) is 20.4. The normalized spacial score (nSPS) is 13.4. The summed E-state index contributed by atoms with van der Waals surface area (Å²) in [6, 6.07) is 3.97. The number of rotatable bonds is 2. The van der Waals surface area contributed by atoms with Crippen molar-refractivity contribution in [3.63, 3.8) is 0 Å². The zero-order valence-electron chi connectivity index (χ0n) is 13.5. The highest BCUT2D eigenvalue weighted by Gasteiger charge is 2.29. The third-order valence-corrected chi connectivity index (χ3v) is 5.19. The van der Waals surface area contributed by atoms with Crippen molar-refractivity contribution in [1.82, 2.24) is 9.88 Å². The van der Waals surface area contributed by atoms with Gasteiger partial charge in [-0.1, -0.05) is 20.8 Å². The van der Waals surface area contributed by atoms with Crippen molar-refractivity contribution in [2.24, 2.45) is 5.41 Å². The van der Waals surface area contributed by atoms with Gasteiger partial charge in [-0.2, -0.15) is 0 Å². The van der Waals surface area contributed by atoms with E-state index in [9.17, 15) is 4.79 Å². The van der Waals surface area contributed by atoms with Crippen LogP contribution < -0.4 is 5.73 Å². The summed E-state index contributed by atoms with van der Waals surface area (Å²) in [5, 5.41) is 0.866. The molecule has 2 aromatic rings. The number of carbonyl (C=O) groups excluding carboxylic acids is 1. The van der Waals surface area contributed by atoms with E-state index >= 15 is 0 Å². The molecule has 1 amide bonds. The topological polar surface area (TPSA) is 59.2 Å². The number of hydrogen-bond donors (Lipinski definition) is 1. The predicted molar refractivity (Wildman–Crippen MR) is 89.8 cm³/mol. The Labute approximate surface area is 130 Å². The Morgan fingerprint density at radius 1 is 1.38 bits per heavy atom. The van der Waals surface area contributed by atoms with Crippen LogP contribution in [-0.4, -0.2) is 28.9 Å². The Bertz CT molecular complexity index is 685. The molecule has 0 aliphatic carbocycles. The fourth-order valence-electron chi connectivity index (χ4n) is 2.17. The number of carbonyl (C=O) groups is 1. The maximum Gasteiger partial charge on any atom is 0.266 e. The van der Waals surface area contributed by atoms with Gasteiger partial charge in [-0.05, 0) is 31.4 Å². The molecule has 21 heavy (non-hydrogen) atoms. The molecular weight excluding hydrogens is 282 g/mol. The summed E-state index contributed by atoms with van der Waals surface area (Å²) >= 11 is 1.38. The standard InChI is InChI=1S/C16H23N3OS/c1-9-7-8-11-12(17)13(21-14(11)18-9)15(20)19(6)10(2)16(3,4)5/h7-8,10H,17H2,1-6H3. The quantitative estimate of drug-likeness (QED) is 0.920. The summed E-state index contributed by atoms with van der Waals surface area (Å²) in [6.45, 7) is 10.4. The first kappa shape index (κ1) is 15.8. The first-order chi connectivity index (χ1) is 9.62. The van der Waals surface area contributed by atoms with Gasteiger partial charge in [0.2, 0.25) is 0 Å². The molecule has 0 fully saturated rings. The lowest BCUT2D eigenvalue weighted by atomic mass is 9.87. The molecule has 1 atom stereocenters. The van der Waals surface area contributed by atoms with E-state index in [4.69, 9.17) is 5.73 Å². The van der Waals surface area contributed by atoms with E-state index in [0.717, 1.165) is 15.9 Å². The highest BCUT2D eigenvalue weighted by molar-refractivity contribution is 7.21. The molecule has 4 nitrogen and oxygen atoms in total. The molecule has 114 valence electrons. The summed E-state index contributed by atoms with van der Waals surface area (Å²) in [5.41, 5.74) is 7.65. The van der Waals surface area contributed by atoms with Crippen molar-refractivity contribution in [1.29, 1.82) is 0 Å². The average Bonchev–Trinajstić information content (AvgIpc) is 2.71. The number of nitrogen functional groups attached to an aromatic ring is 1. The molecule has 0 spiro atoms. The van der Waals surface area contributed by atoms with Crippen LogP contribution in [0, 0.1) is 12.3 Å². The SMILES string of the molecule is Cc1ccc2c(N)c(C(=O)N(C)C(C)C(C)(C)C)sc2n1. The minimum Gasteiger partial charge on any atom is -0.397 e. The number of aryl methyl sites for hydroxylation is 1. The molecule has 0 aromatic carbocycles. The number of pyridine rings is 1. The molecule has 2 rings (SSSR count). The number of nitrogens with zero attached hydrogens (tertiary/aromatic N) is 2. The van der Waals surface area contributed by atoms with Crippen molar-refractivity contribution in [2.75, 3.05) is 12.8 Å². The molecule has 0 bridgehead atoms. The highest BCUT2D eigenvalue weighted by Crippen LogP contribution is 2.34. The average molecular weight is 305 g/mol. The van der Waals surface area contributed by atoms with Crippen LogP contribution in [0.2, 0.25) is 0 Å². The molecule has 0 radical (unpaired) electrons. The van der Waals surface area contributed by atoms with E-state index < -0.39 is 0 Å². The molecule has 0 saturated carbocycles. The zero-order chi connectivity index (χ0) is 15.9. The molecule has 2 heterocycles. The van der Waals surface area contributed by atoms with Crippen LogP contribution in [0.5, 0.6) is 0 Å². The number of hydrogen-bond acceptors (Lipinski definition) is 4. The predicted octanol–water partition coefficient (Wildman–Crippen LogP) is 3.69. The van der Waals surface area contributed by atoms with E-state index in [1.54, 1.807) is 4.90 Å². The number of thiophene rings is 1. The van der Waals surface area contributed by atoms with E-state index in [1.165, 1.54) is 11.3 Å². The van der Waals surface area contributed by atoms with E-state index in [1.807, 2.05) is 26.1 Å². The van der Waals surface area contributed by atoms with Crippen molar-refractivity contribution >= 4 is 33.1 Å². The van der Waals surface area contributed by atoms with Crippen LogP contribution in [0.4, 0.5) is 5.69 Å². The molecular formula is C16H23N3OS. The molecule has 1 unspecified atom stereocenters. The Balaban J connectivity index is 2.42. The van der Waals surface area contributed by atoms with E-state index in [2.05, 4.69) is 32.7 Å². The van der Waals surface area contributed by atoms with Gasteiger partial charge < -0.3 is 10.6 Å². The lowest BCUT2D eigenvalue weighted by molar-refractivity contribution is 0.0635. The molecule has 2 aromatic heterocycles. The first-order valence-corrected chi connectivity index (χ1v) is 7.87. The Morgan fingerprint density at radius 3 is 2.57 bits per heavy atom. The first-order valence-electron chi connectivity index (χ1n) is 7.05. The Morgan fingerprint density at radius 2 is 2.00 bits per heavy atom. The van der Waals surface area contributed by atoms with Crippen molar-refractivity contribution in [3.8, 4) is 0 Å². The lowest BCUT2D eigenvalue weighted by Gasteiger charge is -2.35. The minimum atomic E-state index is -0.0319. The highest BCUT2D eigenvalue weighted by atomic mass is 32.1. The van der Waals surface area contributed by atoms with Gasteiger partial charge in [-0.25, -0.2) is 4.98 Å². The van der Waals surface area contributed by atoms with Gasteiger partial charge in [-0.15, -0.1) is 11.3 Å². The third-order valence-electron chi connectivity index (χ3n) is 4.08. The second kappa shape index (κ2) is 5.30. The molecule has 0 aliphatic rings. The monoisotopic (exact) mass is 305 g/mol. The zero-order valence-corrected chi connectivity index (χ0v) is 14.3. The lowest BCUT2D eigenvalue weighted by Crippen LogP contribution is -2.42. The van der Waals surface area contributed by atoms with Gasteiger partial charge in [0.25, 0.3) is 5.91 Å². The van der Waals surface area contributed by atoms with Crippen LogP contribution in [0.15, 0.2) is 12.1 Å². The number of aromatic nitrogens is 1. The number of nitrogens with two attached hydrogens (primary N) is 1. The number of fused-ring (bicyclic) bond motifs is 1. The summed E-state index contributed by atoms with van der Waals surface area (Å²) in [5.74, 6) is -0.0319. The van der Waals surface area contributed by atoms with Crippen LogP contribution in [0.3, 0.4) is 0 Å². The smallest absolute Gasteiger partial charge is 0.266 e. The van der Waals surface area contributed by atoms with Gasteiger partial charge in [0, 0.05) is 24.2 Å². The van der Waals surface area contributed by atoms with Crippen molar-refractivity contribution in [2.45, 2.75) is 40.7 Å². The van der Waals surface area contributed by atoms with Gasteiger partial charge in [0.15, 0.2) is 0 Å². The molecule has 0 aliphatic heterocycles. The Kier molecular flexibility index (Phi) is 3.97. The summed E-state index contributed by atoms with van der Waals surface area (Å²) < 4.78 is 0. The number of amides is 1. The Hall–Kier alpha value is -1.62. The van der Waals surface area contributed by atoms with E-state index in [-0.39, 0.29) is 17.4 Å². The second-order valence-corrected chi connectivity index (χ2v) is 7.61. The summed E-state index contributed by atoms with van der Waals surface area (Å²) in [6.07, 6.45) is 0. The van der Waals surface area contributed by atoms with Crippen LogP contribution in [0.1, 0.15) is 43.1 Å². The van der Waals surface area contributed by atoms with Crippen LogP contribution >= 0.6 is 11.3 Å². The van der Waals surface area contributed by atoms with Gasteiger partial charge in [-0.3, -0.25) is 4.79 Å². The summed E-state index contributed by atoms with van der Waals surface area (Å²) in [7, 11) is 1.83. The maximum atomic E-state index is 12.7. The minimum absolute atomic E-state index is 0.0185. The maximum absolute atomic E-state index is 12.7. The number of anilines is 1. The molecule has 0 saturated heterocycles. The molecule has 5 heteroatoms. The van der Waals surface area contributed by atoms with Gasteiger partial charge in [0.1, 0.15) is 9.71 Å². The molecule has 2 N–H and O–H groups in total. The second-order valence-electron chi connectivity index (χ2n) is 6.61.